The van der Waals surface area contributed by atoms with Crippen LogP contribution in [0.1, 0.15) is 0 Å². The first-order chi connectivity index (χ1) is 2.89. The second kappa shape index (κ2) is 1.79. The van der Waals surface area contributed by atoms with Crippen LogP contribution in [0.2, 0.25) is 0 Å². The standard InChI is InChI=1S/C2H7N3S/c3-5-1-4-2-6-5/h4H,1-3H2. The van der Waals surface area contributed by atoms with Crippen molar-refractivity contribution in [3.63, 3.8) is 0 Å². The maximum Gasteiger partial charge on any atom is 0.0741 e. The summed E-state index contributed by atoms with van der Waals surface area (Å²) >= 11 is 1.60. The fourth-order valence-corrected chi connectivity index (χ4v) is 0.861. The largest absolute Gasteiger partial charge is 0.292 e. The van der Waals surface area contributed by atoms with Crippen LogP contribution in [0.25, 0.3) is 0 Å². The van der Waals surface area contributed by atoms with E-state index in [0.717, 1.165) is 12.5 Å². The van der Waals surface area contributed by atoms with Gasteiger partial charge in [0.15, 0.2) is 0 Å². The fraction of sp³-hybridized carbons (Fsp3) is 1.00. The molecule has 1 aliphatic heterocycles. The zero-order chi connectivity index (χ0) is 4.41. The minimum absolute atomic E-state index is 0.810. The summed E-state index contributed by atoms with van der Waals surface area (Å²) in [5.74, 6) is 6.22. The normalized spacial score (nSPS) is 25.5. The van der Waals surface area contributed by atoms with Gasteiger partial charge in [0.2, 0.25) is 0 Å². The molecule has 0 aromatic heterocycles. The van der Waals surface area contributed by atoms with E-state index >= 15 is 0 Å². The second-order valence-corrected chi connectivity index (χ2v) is 2.11. The number of nitrogens with zero attached hydrogens (tertiary/aromatic N) is 1. The molecule has 0 saturated carbocycles. The molecule has 1 fully saturated rings. The van der Waals surface area contributed by atoms with Crippen LogP contribution >= 0.6 is 11.9 Å². The summed E-state index contributed by atoms with van der Waals surface area (Å²) in [6.45, 7) is 0.810. The highest BCUT2D eigenvalue weighted by atomic mass is 32.2. The van der Waals surface area contributed by atoms with Crippen LogP contribution < -0.4 is 11.2 Å². The van der Waals surface area contributed by atoms with E-state index < -0.39 is 0 Å². The quantitative estimate of drug-likeness (QED) is 0.316. The number of hydrazine groups is 1. The van der Waals surface area contributed by atoms with Crippen LogP contribution in [0, 0.1) is 0 Å². The van der Waals surface area contributed by atoms with E-state index in [0.29, 0.717) is 0 Å². The van der Waals surface area contributed by atoms with Gasteiger partial charge in [-0.3, -0.25) is 11.2 Å². The fourth-order valence-electron chi connectivity index (χ4n) is 0.330. The summed E-state index contributed by atoms with van der Waals surface area (Å²) in [6, 6.07) is 0. The Morgan fingerprint density at radius 1 is 1.83 bits per heavy atom. The molecule has 0 unspecified atom stereocenters. The SMILES string of the molecule is NN1CNCS1. The Labute approximate surface area is 41.0 Å². The molecule has 0 aromatic carbocycles. The maximum atomic E-state index is 5.27. The summed E-state index contributed by atoms with van der Waals surface area (Å²) in [6.07, 6.45) is 0. The predicted molar refractivity (Wildman–Crippen MR) is 26.5 cm³/mol. The van der Waals surface area contributed by atoms with Crippen LogP contribution in [-0.2, 0) is 0 Å². The van der Waals surface area contributed by atoms with Crippen molar-refractivity contribution in [1.29, 1.82) is 0 Å². The minimum Gasteiger partial charge on any atom is -0.292 e. The average Bonchev–Trinajstić information content (AvgIpc) is 1.86. The Morgan fingerprint density at radius 3 is 2.83 bits per heavy atom. The van der Waals surface area contributed by atoms with Crippen molar-refractivity contribution in [2.45, 2.75) is 0 Å². The molecular formula is C2H7N3S. The molecule has 1 rings (SSSR count). The van der Waals surface area contributed by atoms with E-state index in [4.69, 9.17) is 5.84 Å². The zero-order valence-electron chi connectivity index (χ0n) is 3.35. The van der Waals surface area contributed by atoms with Gasteiger partial charge in [-0.1, -0.05) is 0 Å². The Kier molecular flexibility index (Phi) is 1.31. The van der Waals surface area contributed by atoms with Gasteiger partial charge < -0.3 is 0 Å². The summed E-state index contributed by atoms with van der Waals surface area (Å²) in [5, 5.41) is 3.04. The van der Waals surface area contributed by atoms with Crippen molar-refractivity contribution in [3.05, 3.63) is 0 Å². The average molecular weight is 105 g/mol. The molecule has 0 aliphatic carbocycles. The van der Waals surface area contributed by atoms with Gasteiger partial charge in [0.1, 0.15) is 0 Å². The van der Waals surface area contributed by atoms with Crippen molar-refractivity contribution in [2.24, 2.45) is 5.84 Å². The molecule has 0 amide bonds. The van der Waals surface area contributed by atoms with E-state index in [1.165, 1.54) is 0 Å². The highest BCUT2D eigenvalue weighted by Crippen LogP contribution is 2.04. The molecule has 0 spiro atoms. The first-order valence-electron chi connectivity index (χ1n) is 1.75. The zero-order valence-corrected chi connectivity index (χ0v) is 4.16. The van der Waals surface area contributed by atoms with Crippen molar-refractivity contribution in [3.8, 4) is 0 Å². The Balaban J connectivity index is 2.18. The van der Waals surface area contributed by atoms with Gasteiger partial charge in [0.05, 0.1) is 12.5 Å². The molecular weight excluding hydrogens is 98.1 g/mol. The van der Waals surface area contributed by atoms with Gasteiger partial charge >= 0.3 is 0 Å². The number of nitrogens with one attached hydrogen (secondary N) is 1. The third kappa shape index (κ3) is 0.844. The Bertz CT molecular complexity index is 42.1. The topological polar surface area (TPSA) is 41.3 Å². The number of nitrogens with two attached hydrogens (primary N) is 1. The molecule has 1 heterocycles. The molecule has 6 heavy (non-hydrogen) atoms. The monoisotopic (exact) mass is 105 g/mol. The van der Waals surface area contributed by atoms with Crippen LogP contribution in [0.5, 0.6) is 0 Å². The lowest BCUT2D eigenvalue weighted by molar-refractivity contribution is 0.495. The first kappa shape index (κ1) is 4.39. The third-order valence-corrected chi connectivity index (χ3v) is 1.39. The summed E-state index contributed by atoms with van der Waals surface area (Å²) in [5.41, 5.74) is 0. The Hall–Kier alpha value is 0.230. The number of hydrogen-bond acceptors (Lipinski definition) is 4. The molecule has 1 saturated heterocycles. The van der Waals surface area contributed by atoms with Gasteiger partial charge in [-0.15, -0.1) is 0 Å². The van der Waals surface area contributed by atoms with Crippen LogP contribution in [0.15, 0.2) is 0 Å². The van der Waals surface area contributed by atoms with Gasteiger partial charge in [-0.05, 0) is 11.9 Å². The highest BCUT2D eigenvalue weighted by molar-refractivity contribution is 7.97. The molecule has 0 aromatic rings. The lowest BCUT2D eigenvalue weighted by Crippen LogP contribution is -2.24. The van der Waals surface area contributed by atoms with E-state index in [2.05, 4.69) is 5.32 Å². The summed E-state index contributed by atoms with van der Waals surface area (Å²) in [7, 11) is 0. The van der Waals surface area contributed by atoms with Crippen molar-refractivity contribution in [2.75, 3.05) is 12.5 Å². The molecule has 0 atom stereocenters. The third-order valence-electron chi connectivity index (χ3n) is 0.600. The van der Waals surface area contributed by atoms with Crippen molar-refractivity contribution >= 4 is 11.9 Å². The van der Waals surface area contributed by atoms with Gasteiger partial charge in [-0.25, -0.2) is 0 Å². The molecule has 3 N–H and O–H groups in total. The van der Waals surface area contributed by atoms with Crippen LogP contribution in [0.3, 0.4) is 0 Å². The van der Waals surface area contributed by atoms with Crippen LogP contribution in [-0.4, -0.2) is 17.0 Å². The molecule has 3 nitrogen and oxygen atoms in total. The smallest absolute Gasteiger partial charge is 0.0741 e. The molecule has 4 heteroatoms. The second-order valence-electron chi connectivity index (χ2n) is 1.10. The van der Waals surface area contributed by atoms with Crippen molar-refractivity contribution < 1.29 is 0 Å². The molecule has 36 valence electrons. The van der Waals surface area contributed by atoms with E-state index in [9.17, 15) is 0 Å². The van der Waals surface area contributed by atoms with Crippen LogP contribution in [0.4, 0.5) is 0 Å². The highest BCUT2D eigenvalue weighted by Gasteiger charge is 2.03. The first-order valence-corrected chi connectivity index (χ1v) is 2.70. The van der Waals surface area contributed by atoms with Crippen molar-refractivity contribution in [1.82, 2.24) is 9.73 Å². The number of rotatable bonds is 0. The van der Waals surface area contributed by atoms with E-state index in [-0.39, 0.29) is 0 Å². The molecule has 0 radical (unpaired) electrons. The minimum atomic E-state index is 0.810. The molecule has 1 aliphatic rings. The Morgan fingerprint density at radius 2 is 2.67 bits per heavy atom. The lowest BCUT2D eigenvalue weighted by Gasteiger charge is -1.98. The van der Waals surface area contributed by atoms with Gasteiger partial charge in [0, 0.05) is 0 Å². The maximum absolute atomic E-state index is 5.27. The number of hydrogen-bond donors (Lipinski definition) is 2. The van der Waals surface area contributed by atoms with Gasteiger partial charge in [0.25, 0.3) is 0 Å². The van der Waals surface area contributed by atoms with E-state index in [1.54, 1.807) is 16.4 Å². The molecule has 0 bridgehead atoms. The lowest BCUT2D eigenvalue weighted by atomic mass is 11.1. The van der Waals surface area contributed by atoms with Gasteiger partial charge in [-0.2, -0.15) is 4.41 Å². The van der Waals surface area contributed by atoms with E-state index in [1.807, 2.05) is 0 Å². The summed E-state index contributed by atoms with van der Waals surface area (Å²) in [4.78, 5) is 0. The summed E-state index contributed by atoms with van der Waals surface area (Å²) < 4.78 is 1.67. The predicted octanol–water partition coefficient (Wildman–Crippen LogP) is -0.671.